The summed E-state index contributed by atoms with van der Waals surface area (Å²) in [5, 5.41) is 2.70. The number of para-hydroxylation sites is 2. The predicted octanol–water partition coefficient (Wildman–Crippen LogP) is 2.66. The SMILES string of the molecule is CC[C@@H](NC(=O)CC[Si](C)(C)C(N)=O)C(=O)c1nc2ccccc2o1. The molecule has 0 radical (unpaired) electrons. The van der Waals surface area contributed by atoms with Crippen molar-refractivity contribution in [1.82, 2.24) is 10.3 Å². The van der Waals surface area contributed by atoms with Crippen LogP contribution in [-0.2, 0) is 4.79 Å². The number of fused-ring (bicyclic) bond motifs is 1. The first-order valence-corrected chi connectivity index (χ1v) is 11.4. The molecule has 2 aromatic rings. The number of primary amides is 1. The van der Waals surface area contributed by atoms with E-state index in [0.717, 1.165) is 0 Å². The smallest absolute Gasteiger partial charge is 0.266 e. The maximum absolute atomic E-state index is 12.6. The number of Topliss-reactive ketones (excluding diaryl/α,β-unsaturated/α-hetero) is 1. The molecule has 0 saturated carbocycles. The number of nitrogens with two attached hydrogens (primary N) is 1. The van der Waals surface area contributed by atoms with Crippen molar-refractivity contribution in [2.45, 2.75) is 44.9 Å². The highest BCUT2D eigenvalue weighted by molar-refractivity contribution is 7.04. The van der Waals surface area contributed by atoms with E-state index in [0.29, 0.717) is 23.6 Å². The van der Waals surface area contributed by atoms with E-state index in [9.17, 15) is 14.4 Å². The van der Waals surface area contributed by atoms with Crippen LogP contribution in [0.4, 0.5) is 4.79 Å². The molecule has 0 aliphatic rings. The minimum atomic E-state index is -2.26. The molecule has 8 heteroatoms. The van der Waals surface area contributed by atoms with Crippen molar-refractivity contribution in [3.8, 4) is 0 Å². The largest absolute Gasteiger partial charge is 0.434 e. The zero-order valence-corrected chi connectivity index (χ0v) is 15.7. The number of ketones is 1. The molecule has 2 amide bonds. The van der Waals surface area contributed by atoms with Gasteiger partial charge >= 0.3 is 0 Å². The van der Waals surface area contributed by atoms with E-state index in [1.54, 1.807) is 25.1 Å². The number of nitrogens with one attached hydrogen (secondary N) is 1. The maximum Gasteiger partial charge on any atom is 0.266 e. The van der Waals surface area contributed by atoms with Gasteiger partial charge in [-0.3, -0.25) is 14.4 Å². The van der Waals surface area contributed by atoms with Gasteiger partial charge in [0.2, 0.25) is 11.7 Å². The Balaban J connectivity index is 2.02. The lowest BCUT2D eigenvalue weighted by molar-refractivity contribution is -0.121. The molecule has 3 N–H and O–H groups in total. The normalized spacial score (nSPS) is 12.8. The van der Waals surface area contributed by atoms with Crippen LogP contribution in [-0.4, -0.2) is 36.3 Å². The van der Waals surface area contributed by atoms with Crippen molar-refractivity contribution in [2.24, 2.45) is 5.73 Å². The van der Waals surface area contributed by atoms with Crippen LogP contribution < -0.4 is 11.1 Å². The summed E-state index contributed by atoms with van der Waals surface area (Å²) >= 11 is 0. The third-order valence-corrected chi connectivity index (χ3v) is 7.04. The van der Waals surface area contributed by atoms with E-state index in [2.05, 4.69) is 10.3 Å². The van der Waals surface area contributed by atoms with Gasteiger partial charge in [-0.25, -0.2) is 4.98 Å². The number of oxazole rings is 1. The summed E-state index contributed by atoms with van der Waals surface area (Å²) in [6.45, 7) is 5.44. The number of carbonyl (C=O) groups excluding carboxylic acids is 3. The van der Waals surface area contributed by atoms with Gasteiger partial charge in [0.05, 0.1) is 6.04 Å². The fraction of sp³-hybridized carbons (Fsp3) is 0.412. The van der Waals surface area contributed by atoms with Crippen molar-refractivity contribution < 1.29 is 18.8 Å². The van der Waals surface area contributed by atoms with Crippen LogP contribution in [0.1, 0.15) is 30.5 Å². The molecule has 0 aliphatic heterocycles. The van der Waals surface area contributed by atoms with E-state index in [4.69, 9.17) is 10.2 Å². The Kier molecular flexibility index (Phi) is 5.73. The molecule has 1 aromatic carbocycles. The Morgan fingerprint density at radius 1 is 1.28 bits per heavy atom. The number of amides is 2. The minimum Gasteiger partial charge on any atom is -0.434 e. The summed E-state index contributed by atoms with van der Waals surface area (Å²) in [6, 6.07) is 6.83. The monoisotopic (exact) mass is 361 g/mol. The number of carbonyl (C=O) groups is 3. The zero-order chi connectivity index (χ0) is 18.6. The number of hydrogen-bond acceptors (Lipinski definition) is 5. The summed E-state index contributed by atoms with van der Waals surface area (Å²) in [6.07, 6.45) is 0.583. The Morgan fingerprint density at radius 3 is 2.56 bits per heavy atom. The number of rotatable bonds is 8. The Morgan fingerprint density at radius 2 is 1.96 bits per heavy atom. The molecule has 7 nitrogen and oxygen atoms in total. The first-order chi connectivity index (χ1) is 11.7. The van der Waals surface area contributed by atoms with Gasteiger partial charge in [-0.05, 0) is 24.6 Å². The first kappa shape index (κ1) is 18.8. The fourth-order valence-corrected chi connectivity index (χ4v) is 3.39. The Bertz CT molecular complexity index is 767. The van der Waals surface area contributed by atoms with E-state index in [-0.39, 0.29) is 29.5 Å². The van der Waals surface area contributed by atoms with Crippen LogP contribution in [0.15, 0.2) is 28.7 Å². The molecule has 0 spiro atoms. The fourth-order valence-electron chi connectivity index (χ4n) is 2.30. The highest BCUT2D eigenvalue weighted by Gasteiger charge is 2.30. The van der Waals surface area contributed by atoms with Crippen LogP contribution >= 0.6 is 0 Å². The van der Waals surface area contributed by atoms with Crippen LogP contribution in [0.3, 0.4) is 0 Å². The lowest BCUT2D eigenvalue weighted by atomic mass is 10.1. The van der Waals surface area contributed by atoms with Gasteiger partial charge in [0.1, 0.15) is 5.52 Å². The average molecular weight is 361 g/mol. The van der Waals surface area contributed by atoms with Gasteiger partial charge < -0.3 is 15.5 Å². The lowest BCUT2D eigenvalue weighted by Gasteiger charge is -2.18. The van der Waals surface area contributed by atoms with Crippen molar-refractivity contribution in [3.05, 3.63) is 30.2 Å². The number of benzene rings is 1. The van der Waals surface area contributed by atoms with Gasteiger partial charge in [-0.15, -0.1) is 0 Å². The molecule has 0 fully saturated rings. The molecule has 0 aliphatic carbocycles. The van der Waals surface area contributed by atoms with Gasteiger partial charge in [-0.2, -0.15) is 0 Å². The summed E-state index contributed by atoms with van der Waals surface area (Å²) in [5.74, 6) is -0.656. The third kappa shape index (κ3) is 4.53. The first-order valence-electron chi connectivity index (χ1n) is 8.23. The van der Waals surface area contributed by atoms with Crippen LogP contribution in [0, 0.1) is 0 Å². The van der Waals surface area contributed by atoms with Gasteiger partial charge in [0.25, 0.3) is 5.89 Å². The average Bonchev–Trinajstić information content (AvgIpc) is 3.01. The second-order valence-corrected chi connectivity index (χ2v) is 11.4. The predicted molar refractivity (Wildman–Crippen MR) is 97.1 cm³/mol. The van der Waals surface area contributed by atoms with Crippen LogP contribution in [0.2, 0.25) is 19.1 Å². The lowest BCUT2D eigenvalue weighted by Crippen LogP contribution is -2.44. The second kappa shape index (κ2) is 7.60. The number of aromatic nitrogens is 1. The van der Waals surface area contributed by atoms with Crippen LogP contribution in [0.25, 0.3) is 11.1 Å². The maximum atomic E-state index is 12.6. The summed E-state index contributed by atoms with van der Waals surface area (Å²) in [4.78, 5) is 40.2. The zero-order valence-electron chi connectivity index (χ0n) is 14.7. The molecule has 1 heterocycles. The molecule has 0 bridgehead atoms. The number of hydrogen-bond donors (Lipinski definition) is 2. The van der Waals surface area contributed by atoms with E-state index in [1.165, 1.54) is 0 Å². The molecule has 0 saturated heterocycles. The molecular weight excluding hydrogens is 338 g/mol. The third-order valence-electron chi connectivity index (χ3n) is 4.21. The molecule has 2 rings (SSSR count). The summed E-state index contributed by atoms with van der Waals surface area (Å²) < 4.78 is 5.47. The quantitative estimate of drug-likeness (QED) is 0.554. The van der Waals surface area contributed by atoms with Crippen LogP contribution in [0.5, 0.6) is 0 Å². The molecule has 25 heavy (non-hydrogen) atoms. The van der Waals surface area contributed by atoms with E-state index < -0.39 is 14.1 Å². The highest BCUT2D eigenvalue weighted by Crippen LogP contribution is 2.17. The Hall–Kier alpha value is -2.48. The van der Waals surface area contributed by atoms with Crippen molar-refractivity contribution in [1.29, 1.82) is 0 Å². The number of nitrogens with zero attached hydrogens (tertiary/aromatic N) is 1. The summed E-state index contributed by atoms with van der Waals surface area (Å²) in [7, 11) is -2.26. The van der Waals surface area contributed by atoms with Gasteiger partial charge in [0.15, 0.2) is 19.2 Å². The van der Waals surface area contributed by atoms with Gasteiger partial charge in [-0.1, -0.05) is 32.2 Å². The Labute approximate surface area is 147 Å². The van der Waals surface area contributed by atoms with E-state index in [1.807, 2.05) is 19.2 Å². The molecule has 1 aromatic heterocycles. The topological polar surface area (TPSA) is 115 Å². The standard InChI is InChI=1S/C17H23N3O4Si/c1-4-11(19-14(21)9-10-25(2,3)17(18)23)15(22)16-20-12-7-5-6-8-13(12)24-16/h5-8,11H,4,9-10H2,1-3H3,(H2,18,23)(H,19,21)/t11-/m1/s1. The molecule has 0 unspecified atom stereocenters. The minimum absolute atomic E-state index is 0.0137. The van der Waals surface area contributed by atoms with Crippen molar-refractivity contribution in [3.63, 3.8) is 0 Å². The van der Waals surface area contributed by atoms with Crippen molar-refractivity contribution >= 4 is 36.4 Å². The molecular formula is C17H23N3O4Si. The second-order valence-electron chi connectivity index (χ2n) is 6.63. The molecule has 134 valence electrons. The molecule has 1 atom stereocenters. The summed E-state index contributed by atoms with van der Waals surface area (Å²) in [5.41, 5.74) is 6.16. The van der Waals surface area contributed by atoms with E-state index >= 15 is 0 Å². The van der Waals surface area contributed by atoms with Gasteiger partial charge in [0, 0.05) is 6.42 Å². The highest BCUT2D eigenvalue weighted by atomic mass is 28.3. The van der Waals surface area contributed by atoms with Crippen molar-refractivity contribution in [2.75, 3.05) is 0 Å².